The number of rotatable bonds is 1. The molecule has 2 heterocycles. The highest BCUT2D eigenvalue weighted by atomic mass is 19.1. The van der Waals surface area contributed by atoms with Crippen LogP contribution in [0.2, 0.25) is 0 Å². The molecule has 6 heteroatoms. The Morgan fingerprint density at radius 2 is 2.00 bits per heavy atom. The van der Waals surface area contributed by atoms with Gasteiger partial charge in [0.1, 0.15) is 11.9 Å². The predicted octanol–water partition coefficient (Wildman–Crippen LogP) is 1.74. The first kappa shape index (κ1) is 12.9. The zero-order valence-corrected chi connectivity index (χ0v) is 11.4. The topological polar surface area (TPSA) is 66.5 Å². The summed E-state index contributed by atoms with van der Waals surface area (Å²) in [5.74, 6) is -1.72. The molecule has 0 radical (unpaired) electrons. The Hall–Kier alpha value is -2.76. The van der Waals surface area contributed by atoms with Gasteiger partial charge in [0.05, 0.1) is 11.3 Å². The van der Waals surface area contributed by atoms with Crippen LogP contribution in [0.4, 0.5) is 10.1 Å². The van der Waals surface area contributed by atoms with Crippen molar-refractivity contribution in [2.24, 2.45) is 0 Å². The number of carbonyl (C=O) groups excluding carboxylic acids is 3. The predicted molar refractivity (Wildman–Crippen MR) is 76.9 cm³/mol. The number of carbonyl (C=O) groups is 3. The Morgan fingerprint density at radius 3 is 2.77 bits per heavy atom. The Balaban J connectivity index is 1.88. The molecule has 0 saturated carbocycles. The summed E-state index contributed by atoms with van der Waals surface area (Å²) in [6.45, 7) is 0. The van der Waals surface area contributed by atoms with Crippen molar-refractivity contribution in [2.75, 3.05) is 4.90 Å². The average Bonchev–Trinajstić information content (AvgIpc) is 2.74. The van der Waals surface area contributed by atoms with Crippen LogP contribution in [0.3, 0.4) is 0 Å². The molecule has 4 rings (SSSR count). The molecule has 2 aliphatic rings. The quantitative estimate of drug-likeness (QED) is 0.816. The number of hydrogen-bond acceptors (Lipinski definition) is 3. The highest BCUT2D eigenvalue weighted by Gasteiger charge is 2.40. The summed E-state index contributed by atoms with van der Waals surface area (Å²) in [7, 11) is 0. The molecule has 0 aromatic heterocycles. The van der Waals surface area contributed by atoms with Gasteiger partial charge in [0, 0.05) is 11.8 Å². The number of nitrogens with one attached hydrogen (secondary N) is 1. The Morgan fingerprint density at radius 1 is 1.18 bits per heavy atom. The van der Waals surface area contributed by atoms with Crippen LogP contribution in [0.15, 0.2) is 30.3 Å². The third-order valence-electron chi connectivity index (χ3n) is 4.15. The number of amides is 3. The van der Waals surface area contributed by atoms with E-state index < -0.39 is 23.7 Å². The Labute approximate surface area is 124 Å². The minimum Gasteiger partial charge on any atom is -0.295 e. The molecule has 1 N–H and O–H groups in total. The van der Waals surface area contributed by atoms with Crippen LogP contribution < -0.4 is 10.2 Å². The van der Waals surface area contributed by atoms with Gasteiger partial charge in [-0.3, -0.25) is 24.6 Å². The van der Waals surface area contributed by atoms with Gasteiger partial charge < -0.3 is 0 Å². The summed E-state index contributed by atoms with van der Waals surface area (Å²) in [6, 6.07) is 7.00. The summed E-state index contributed by atoms with van der Waals surface area (Å²) >= 11 is 0. The first-order valence-electron chi connectivity index (χ1n) is 6.96. The van der Waals surface area contributed by atoms with Crippen LogP contribution in [-0.2, 0) is 9.59 Å². The lowest BCUT2D eigenvalue weighted by molar-refractivity contribution is -0.134. The largest absolute Gasteiger partial charge is 0.295 e. The fraction of sp³-hybridized carbons (Fsp3) is 0.188. The highest BCUT2D eigenvalue weighted by molar-refractivity contribution is 6.27. The molecular formula is C16H11FN2O3. The summed E-state index contributed by atoms with van der Waals surface area (Å²) in [6.07, 6.45) is 0.449. The zero-order chi connectivity index (χ0) is 15.4. The molecular weight excluding hydrogens is 287 g/mol. The molecule has 0 aliphatic carbocycles. The monoisotopic (exact) mass is 298 g/mol. The van der Waals surface area contributed by atoms with E-state index in [9.17, 15) is 18.8 Å². The second kappa shape index (κ2) is 4.37. The Bertz CT molecular complexity index is 862. The number of nitrogens with zero attached hydrogens (tertiary/aromatic N) is 1. The van der Waals surface area contributed by atoms with Crippen LogP contribution in [0.5, 0.6) is 0 Å². The van der Waals surface area contributed by atoms with Crippen molar-refractivity contribution in [1.29, 1.82) is 0 Å². The van der Waals surface area contributed by atoms with E-state index in [2.05, 4.69) is 5.32 Å². The lowest BCUT2D eigenvalue weighted by atomic mass is 10.0. The van der Waals surface area contributed by atoms with Gasteiger partial charge in [-0.05, 0) is 30.0 Å². The molecule has 0 bridgehead atoms. The van der Waals surface area contributed by atoms with Crippen molar-refractivity contribution in [3.05, 3.63) is 41.7 Å². The van der Waals surface area contributed by atoms with Gasteiger partial charge in [-0.15, -0.1) is 0 Å². The van der Waals surface area contributed by atoms with Crippen molar-refractivity contribution in [1.82, 2.24) is 5.32 Å². The maximum absolute atomic E-state index is 13.7. The van der Waals surface area contributed by atoms with Gasteiger partial charge in [0.15, 0.2) is 0 Å². The van der Waals surface area contributed by atoms with Gasteiger partial charge in [0.25, 0.3) is 5.91 Å². The lowest BCUT2D eigenvalue weighted by Crippen LogP contribution is -2.53. The number of anilines is 1. The van der Waals surface area contributed by atoms with E-state index in [1.807, 2.05) is 0 Å². The molecule has 3 amide bonds. The van der Waals surface area contributed by atoms with Gasteiger partial charge in [-0.25, -0.2) is 4.39 Å². The highest BCUT2D eigenvalue weighted by Crippen LogP contribution is 2.39. The maximum atomic E-state index is 13.7. The lowest BCUT2D eigenvalue weighted by Gasteiger charge is -2.30. The van der Waals surface area contributed by atoms with Gasteiger partial charge in [-0.1, -0.05) is 12.1 Å². The standard InChI is InChI=1S/C16H11FN2O3/c17-9-6-8-2-1-3-11-14(8)10(7-9)16(22)19(11)12-4-5-13(20)18-15(12)21/h1-3,6-7,12H,4-5H2,(H,18,20,21). The number of hydrogen-bond donors (Lipinski definition) is 1. The zero-order valence-electron chi connectivity index (χ0n) is 11.4. The van der Waals surface area contributed by atoms with Crippen LogP contribution in [-0.4, -0.2) is 23.8 Å². The molecule has 22 heavy (non-hydrogen) atoms. The van der Waals surface area contributed by atoms with Crippen molar-refractivity contribution in [3.8, 4) is 0 Å². The third-order valence-corrected chi connectivity index (χ3v) is 4.15. The fourth-order valence-corrected chi connectivity index (χ4v) is 3.22. The summed E-state index contributed by atoms with van der Waals surface area (Å²) in [4.78, 5) is 37.4. The number of imide groups is 1. The van der Waals surface area contributed by atoms with E-state index in [1.165, 1.54) is 17.0 Å². The maximum Gasteiger partial charge on any atom is 0.259 e. The van der Waals surface area contributed by atoms with E-state index in [0.717, 1.165) is 0 Å². The molecule has 1 saturated heterocycles. The first-order valence-corrected chi connectivity index (χ1v) is 6.96. The second-order valence-electron chi connectivity index (χ2n) is 5.47. The van der Waals surface area contributed by atoms with Crippen molar-refractivity contribution in [2.45, 2.75) is 18.9 Å². The van der Waals surface area contributed by atoms with Crippen molar-refractivity contribution >= 4 is 34.2 Å². The van der Waals surface area contributed by atoms with Crippen molar-refractivity contribution in [3.63, 3.8) is 0 Å². The van der Waals surface area contributed by atoms with Gasteiger partial charge in [0.2, 0.25) is 11.8 Å². The van der Waals surface area contributed by atoms with E-state index >= 15 is 0 Å². The average molecular weight is 298 g/mol. The molecule has 2 aromatic carbocycles. The fourth-order valence-electron chi connectivity index (χ4n) is 3.22. The normalized spacial score (nSPS) is 20.7. The van der Waals surface area contributed by atoms with Crippen molar-refractivity contribution < 1.29 is 18.8 Å². The van der Waals surface area contributed by atoms with Crippen LogP contribution in [0, 0.1) is 5.82 Å². The summed E-state index contributed by atoms with van der Waals surface area (Å²) in [5.41, 5.74) is 0.849. The molecule has 1 unspecified atom stereocenters. The molecule has 1 atom stereocenters. The van der Waals surface area contributed by atoms with E-state index in [4.69, 9.17) is 0 Å². The first-order chi connectivity index (χ1) is 10.6. The number of halogens is 1. The van der Waals surface area contributed by atoms with E-state index in [1.54, 1.807) is 18.2 Å². The molecule has 2 aliphatic heterocycles. The smallest absolute Gasteiger partial charge is 0.259 e. The van der Waals surface area contributed by atoms with Gasteiger partial charge in [-0.2, -0.15) is 0 Å². The van der Waals surface area contributed by atoms with E-state index in [0.29, 0.717) is 16.5 Å². The minimum absolute atomic E-state index is 0.181. The summed E-state index contributed by atoms with van der Waals surface area (Å²) < 4.78 is 13.7. The van der Waals surface area contributed by atoms with Gasteiger partial charge >= 0.3 is 0 Å². The third kappa shape index (κ3) is 1.67. The summed E-state index contributed by atoms with van der Waals surface area (Å²) in [5, 5.41) is 3.52. The Kier molecular flexibility index (Phi) is 2.57. The number of benzene rings is 2. The molecule has 2 aromatic rings. The molecule has 5 nitrogen and oxygen atoms in total. The van der Waals surface area contributed by atoms with E-state index in [-0.39, 0.29) is 24.3 Å². The number of piperidine rings is 1. The van der Waals surface area contributed by atoms with Crippen LogP contribution >= 0.6 is 0 Å². The van der Waals surface area contributed by atoms with Crippen LogP contribution in [0.25, 0.3) is 10.8 Å². The van der Waals surface area contributed by atoms with Crippen LogP contribution in [0.1, 0.15) is 23.2 Å². The SMILES string of the molecule is O=C1CCC(N2C(=O)c3cc(F)cc4cccc2c34)C(=O)N1. The molecule has 110 valence electrons. The molecule has 1 fully saturated rings. The minimum atomic E-state index is -0.744. The second-order valence-corrected chi connectivity index (χ2v) is 5.47. The molecule has 0 spiro atoms.